The first-order valence-corrected chi connectivity index (χ1v) is 9.11. The number of nitrogens with one attached hydrogen (secondary N) is 2. The summed E-state index contributed by atoms with van der Waals surface area (Å²) in [4.78, 5) is 16.7. The number of carbonyl (C=O) groups excluding carboxylic acids is 1. The zero-order chi connectivity index (χ0) is 18.8. The van der Waals surface area contributed by atoms with Crippen LogP contribution in [0, 0.1) is 13.8 Å². The minimum atomic E-state index is -0.197. The molecule has 27 heavy (non-hydrogen) atoms. The van der Waals surface area contributed by atoms with Gasteiger partial charge in [-0.3, -0.25) is 9.89 Å². The summed E-state index contributed by atoms with van der Waals surface area (Å²) in [5.41, 5.74) is 3.74. The van der Waals surface area contributed by atoms with Gasteiger partial charge in [0.1, 0.15) is 11.6 Å². The van der Waals surface area contributed by atoms with Crippen molar-refractivity contribution in [3.8, 4) is 17.1 Å². The van der Waals surface area contributed by atoms with E-state index in [1.54, 1.807) is 0 Å². The van der Waals surface area contributed by atoms with Crippen LogP contribution in [0.2, 0.25) is 0 Å². The SMILES string of the molecule is Cc1ccc(C)c(OCC(=O)Nc2ccc(-c3n[nH]c(C4CC4)n3)cc2)c1. The van der Waals surface area contributed by atoms with E-state index in [2.05, 4.69) is 20.5 Å². The predicted octanol–water partition coefficient (Wildman–Crippen LogP) is 3.98. The van der Waals surface area contributed by atoms with E-state index in [-0.39, 0.29) is 12.5 Å². The molecule has 0 atom stereocenters. The molecule has 1 saturated carbocycles. The number of rotatable bonds is 6. The third-order valence-corrected chi connectivity index (χ3v) is 4.60. The standard InChI is InChI=1S/C21H22N4O2/c1-13-3-4-14(2)18(11-13)27-12-19(26)22-17-9-7-16(8-10-17)21-23-20(24-25-21)15-5-6-15/h3-4,7-11,15H,5-6,12H2,1-2H3,(H,22,26)(H,23,24,25). The van der Waals surface area contributed by atoms with Crippen molar-refractivity contribution in [2.45, 2.75) is 32.6 Å². The Morgan fingerprint density at radius 3 is 2.70 bits per heavy atom. The van der Waals surface area contributed by atoms with Crippen LogP contribution in [0.4, 0.5) is 5.69 Å². The monoisotopic (exact) mass is 362 g/mol. The summed E-state index contributed by atoms with van der Waals surface area (Å²) in [5.74, 6) is 2.73. The van der Waals surface area contributed by atoms with Crippen LogP contribution in [0.3, 0.4) is 0 Å². The van der Waals surface area contributed by atoms with Crippen LogP contribution in [0.15, 0.2) is 42.5 Å². The quantitative estimate of drug-likeness (QED) is 0.695. The number of amides is 1. The Morgan fingerprint density at radius 2 is 1.96 bits per heavy atom. The van der Waals surface area contributed by atoms with E-state index in [0.29, 0.717) is 17.4 Å². The van der Waals surface area contributed by atoms with Crippen molar-refractivity contribution in [1.82, 2.24) is 15.2 Å². The summed E-state index contributed by atoms with van der Waals surface area (Å²) in [6, 6.07) is 13.4. The van der Waals surface area contributed by atoms with E-state index >= 15 is 0 Å². The Balaban J connectivity index is 1.34. The second-order valence-electron chi connectivity index (χ2n) is 7.00. The highest BCUT2D eigenvalue weighted by Gasteiger charge is 2.27. The van der Waals surface area contributed by atoms with Gasteiger partial charge < -0.3 is 10.1 Å². The Kier molecular flexibility index (Phi) is 4.62. The van der Waals surface area contributed by atoms with Crippen LogP contribution >= 0.6 is 0 Å². The van der Waals surface area contributed by atoms with Crippen molar-refractivity contribution in [3.05, 3.63) is 59.4 Å². The molecule has 3 aromatic rings. The number of aromatic nitrogens is 3. The summed E-state index contributed by atoms with van der Waals surface area (Å²) in [6.07, 6.45) is 2.37. The number of ether oxygens (including phenoxy) is 1. The van der Waals surface area contributed by atoms with E-state index in [9.17, 15) is 4.79 Å². The molecular weight excluding hydrogens is 340 g/mol. The Bertz CT molecular complexity index is 959. The van der Waals surface area contributed by atoms with Gasteiger partial charge in [0.2, 0.25) is 0 Å². The van der Waals surface area contributed by atoms with Crippen molar-refractivity contribution < 1.29 is 9.53 Å². The van der Waals surface area contributed by atoms with E-state index in [0.717, 1.165) is 28.3 Å². The second-order valence-corrected chi connectivity index (χ2v) is 7.00. The molecule has 1 aliphatic rings. The van der Waals surface area contributed by atoms with Crippen molar-refractivity contribution in [2.75, 3.05) is 11.9 Å². The van der Waals surface area contributed by atoms with Crippen LogP contribution in [0.25, 0.3) is 11.4 Å². The average Bonchev–Trinajstić information content (AvgIpc) is 3.40. The zero-order valence-corrected chi connectivity index (χ0v) is 15.5. The van der Waals surface area contributed by atoms with E-state index in [4.69, 9.17) is 4.74 Å². The van der Waals surface area contributed by atoms with Crippen molar-refractivity contribution in [2.24, 2.45) is 0 Å². The zero-order valence-electron chi connectivity index (χ0n) is 15.5. The first-order valence-electron chi connectivity index (χ1n) is 9.11. The summed E-state index contributed by atoms with van der Waals surface area (Å²) < 4.78 is 5.64. The first-order chi connectivity index (χ1) is 13.1. The summed E-state index contributed by atoms with van der Waals surface area (Å²) in [6.45, 7) is 3.93. The number of hydrogen-bond donors (Lipinski definition) is 2. The summed E-state index contributed by atoms with van der Waals surface area (Å²) in [5, 5.41) is 10.1. The van der Waals surface area contributed by atoms with E-state index in [1.807, 2.05) is 56.3 Å². The third kappa shape index (κ3) is 4.16. The summed E-state index contributed by atoms with van der Waals surface area (Å²) >= 11 is 0. The molecule has 1 aromatic heterocycles. The molecule has 0 saturated heterocycles. The minimum Gasteiger partial charge on any atom is -0.483 e. The number of H-pyrrole nitrogens is 1. The molecule has 0 aliphatic heterocycles. The lowest BCUT2D eigenvalue weighted by Crippen LogP contribution is -2.20. The van der Waals surface area contributed by atoms with Gasteiger partial charge in [-0.05, 0) is 68.1 Å². The maximum Gasteiger partial charge on any atom is 0.262 e. The molecule has 0 spiro atoms. The molecule has 4 rings (SSSR count). The number of anilines is 1. The number of benzene rings is 2. The number of aryl methyl sites for hydroxylation is 2. The fourth-order valence-electron chi connectivity index (χ4n) is 2.85. The van der Waals surface area contributed by atoms with Crippen molar-refractivity contribution in [1.29, 1.82) is 0 Å². The molecule has 2 N–H and O–H groups in total. The molecule has 1 amide bonds. The van der Waals surface area contributed by atoms with Crippen LogP contribution in [-0.4, -0.2) is 27.7 Å². The van der Waals surface area contributed by atoms with Crippen molar-refractivity contribution in [3.63, 3.8) is 0 Å². The van der Waals surface area contributed by atoms with Gasteiger partial charge in [0.15, 0.2) is 12.4 Å². The summed E-state index contributed by atoms with van der Waals surface area (Å²) in [7, 11) is 0. The highest BCUT2D eigenvalue weighted by molar-refractivity contribution is 5.92. The number of nitrogens with zero attached hydrogens (tertiary/aromatic N) is 2. The molecule has 2 aromatic carbocycles. The fraction of sp³-hybridized carbons (Fsp3) is 0.286. The van der Waals surface area contributed by atoms with Crippen LogP contribution in [-0.2, 0) is 4.79 Å². The molecule has 0 radical (unpaired) electrons. The van der Waals surface area contributed by atoms with E-state index < -0.39 is 0 Å². The fourth-order valence-corrected chi connectivity index (χ4v) is 2.85. The van der Waals surface area contributed by atoms with Gasteiger partial charge in [-0.2, -0.15) is 5.10 Å². The molecule has 6 nitrogen and oxygen atoms in total. The smallest absolute Gasteiger partial charge is 0.262 e. The van der Waals surface area contributed by atoms with Gasteiger partial charge in [0.05, 0.1) is 0 Å². The van der Waals surface area contributed by atoms with Gasteiger partial charge in [0.25, 0.3) is 5.91 Å². The molecule has 1 fully saturated rings. The highest BCUT2D eigenvalue weighted by Crippen LogP contribution is 2.38. The number of carbonyl (C=O) groups is 1. The minimum absolute atomic E-state index is 0.0300. The van der Waals surface area contributed by atoms with Crippen LogP contribution in [0.5, 0.6) is 5.75 Å². The average molecular weight is 362 g/mol. The van der Waals surface area contributed by atoms with Gasteiger partial charge in [-0.1, -0.05) is 12.1 Å². The lowest BCUT2D eigenvalue weighted by molar-refractivity contribution is -0.118. The Labute approximate surface area is 158 Å². The molecule has 6 heteroatoms. The van der Waals surface area contributed by atoms with Gasteiger partial charge >= 0.3 is 0 Å². The number of aromatic amines is 1. The highest BCUT2D eigenvalue weighted by atomic mass is 16.5. The Hall–Kier alpha value is -3.15. The Morgan fingerprint density at radius 1 is 1.19 bits per heavy atom. The van der Waals surface area contributed by atoms with E-state index in [1.165, 1.54) is 12.8 Å². The topological polar surface area (TPSA) is 79.9 Å². The molecule has 1 aliphatic carbocycles. The molecular formula is C21H22N4O2. The van der Waals surface area contributed by atoms with Crippen LogP contribution in [0.1, 0.15) is 35.7 Å². The molecule has 138 valence electrons. The lowest BCUT2D eigenvalue weighted by Gasteiger charge is -2.10. The maximum absolute atomic E-state index is 12.2. The molecule has 0 unspecified atom stereocenters. The largest absolute Gasteiger partial charge is 0.483 e. The van der Waals surface area contributed by atoms with Crippen molar-refractivity contribution >= 4 is 11.6 Å². The van der Waals surface area contributed by atoms with Gasteiger partial charge in [-0.15, -0.1) is 0 Å². The number of hydrogen-bond acceptors (Lipinski definition) is 4. The maximum atomic E-state index is 12.2. The molecule has 1 heterocycles. The van der Waals surface area contributed by atoms with Crippen LogP contribution < -0.4 is 10.1 Å². The van der Waals surface area contributed by atoms with Gasteiger partial charge in [0, 0.05) is 17.2 Å². The third-order valence-electron chi connectivity index (χ3n) is 4.60. The second kappa shape index (κ2) is 7.23. The lowest BCUT2D eigenvalue weighted by atomic mass is 10.1. The predicted molar refractivity (Wildman–Crippen MR) is 104 cm³/mol. The van der Waals surface area contributed by atoms with Gasteiger partial charge in [-0.25, -0.2) is 4.98 Å². The normalized spacial score (nSPS) is 13.4. The first kappa shape index (κ1) is 17.3. The molecule has 0 bridgehead atoms.